The Labute approximate surface area is 243 Å². The lowest BCUT2D eigenvalue weighted by atomic mass is 9.72. The summed E-state index contributed by atoms with van der Waals surface area (Å²) in [4.78, 5) is 42.1. The maximum absolute atomic E-state index is 13.4. The second-order valence-electron chi connectivity index (χ2n) is 10.9. The highest BCUT2D eigenvalue weighted by molar-refractivity contribution is 7.10. The Bertz CT molecular complexity index is 1400. The number of carbonyl (C=O) groups excluding carboxylic acids is 3. The van der Waals surface area contributed by atoms with Gasteiger partial charge in [0.2, 0.25) is 11.8 Å². The molecule has 3 aromatic rings. The third-order valence-corrected chi connectivity index (χ3v) is 8.88. The number of nitrogens with zero attached hydrogens (tertiary/aromatic N) is 1. The number of ether oxygens (including phenoxy) is 1. The number of nitrogen functional groups attached to an aromatic ring is 1. The first-order valence-electron chi connectivity index (χ1n) is 13.9. The fraction of sp³-hybridized carbons (Fsp3) is 0.355. The monoisotopic (exact) mass is 573 g/mol. The zero-order valence-corrected chi connectivity index (χ0v) is 23.7. The summed E-state index contributed by atoms with van der Waals surface area (Å²) in [5, 5.41) is 15.1. The Hall–Kier alpha value is -4.18. The van der Waals surface area contributed by atoms with Crippen LogP contribution in [0.15, 0.2) is 66.0 Å². The van der Waals surface area contributed by atoms with Crippen LogP contribution in [0.3, 0.4) is 0 Å². The van der Waals surface area contributed by atoms with Gasteiger partial charge in [0.15, 0.2) is 0 Å². The predicted molar refractivity (Wildman–Crippen MR) is 158 cm³/mol. The zero-order chi connectivity index (χ0) is 28.8. The number of rotatable bonds is 9. The van der Waals surface area contributed by atoms with Gasteiger partial charge in [0.25, 0.3) is 5.91 Å². The number of benzene rings is 2. The lowest BCUT2D eigenvalue weighted by molar-refractivity contribution is -0.137. The third-order valence-electron chi connectivity index (χ3n) is 7.94. The van der Waals surface area contributed by atoms with Crippen LogP contribution in [0.1, 0.15) is 59.3 Å². The molecule has 5 N–H and O–H groups in total. The van der Waals surface area contributed by atoms with Crippen molar-refractivity contribution in [2.45, 2.75) is 51.1 Å². The minimum Gasteiger partial charge on any atom is -0.457 e. The molecule has 9 nitrogen and oxygen atoms in total. The van der Waals surface area contributed by atoms with Gasteiger partial charge in [-0.3, -0.25) is 19.8 Å². The van der Waals surface area contributed by atoms with E-state index in [1.165, 1.54) is 17.8 Å². The zero-order valence-electron chi connectivity index (χ0n) is 22.9. The topological polar surface area (TPSA) is 138 Å². The molecular formula is C31H35N5O4S. The van der Waals surface area contributed by atoms with Gasteiger partial charge >= 0.3 is 0 Å². The fourth-order valence-electron chi connectivity index (χ4n) is 5.78. The summed E-state index contributed by atoms with van der Waals surface area (Å²) in [6, 6.07) is 17.3. The van der Waals surface area contributed by atoms with Crippen LogP contribution in [0.25, 0.3) is 0 Å². The van der Waals surface area contributed by atoms with Crippen LogP contribution < -0.4 is 21.1 Å². The van der Waals surface area contributed by atoms with Crippen LogP contribution >= 0.6 is 11.3 Å². The van der Waals surface area contributed by atoms with E-state index in [2.05, 4.69) is 10.6 Å². The van der Waals surface area contributed by atoms with Crippen molar-refractivity contribution < 1.29 is 19.1 Å². The summed E-state index contributed by atoms with van der Waals surface area (Å²) >= 11 is 1.43. The lowest BCUT2D eigenvalue weighted by Crippen LogP contribution is -2.49. The van der Waals surface area contributed by atoms with E-state index in [9.17, 15) is 14.4 Å². The van der Waals surface area contributed by atoms with E-state index in [1.807, 2.05) is 30.3 Å². The maximum atomic E-state index is 13.4. The molecule has 0 bridgehead atoms. The Kier molecular flexibility index (Phi) is 8.68. The van der Waals surface area contributed by atoms with Gasteiger partial charge in [-0.15, -0.1) is 11.3 Å². The standard InChI is InChI=1S/C31H35N5O4S/c32-28(33)22-15-25(41-19-22)17-34-30(39)26-16-31(13-5-2-6-14-31)20-36(26)27(37)18-35-29(38)21-9-11-24(12-10-21)40-23-7-3-1-4-8-23/h1,3-4,7-12,15,19,26H,2,5-6,13-14,16-18,20H2,(H3,32,33)(H,34,39)(H,35,38). The Balaban J connectivity index is 1.20. The van der Waals surface area contributed by atoms with Crippen LogP contribution in [0.5, 0.6) is 11.5 Å². The van der Waals surface area contributed by atoms with Crippen molar-refractivity contribution in [2.24, 2.45) is 11.1 Å². The number of nitrogens with one attached hydrogen (secondary N) is 3. The second-order valence-corrected chi connectivity index (χ2v) is 11.9. The molecule has 2 aliphatic rings. The number of amides is 3. The quantitative estimate of drug-likeness (QED) is 0.222. The van der Waals surface area contributed by atoms with Crippen molar-refractivity contribution in [3.8, 4) is 11.5 Å². The molecule has 1 saturated carbocycles. The van der Waals surface area contributed by atoms with E-state index < -0.39 is 6.04 Å². The normalized spacial score (nSPS) is 17.7. The number of nitrogens with two attached hydrogens (primary N) is 1. The van der Waals surface area contributed by atoms with E-state index >= 15 is 0 Å². The summed E-state index contributed by atoms with van der Waals surface area (Å²) in [6.45, 7) is 0.648. The molecule has 10 heteroatoms. The molecule has 1 aliphatic heterocycles. The van der Waals surface area contributed by atoms with Gasteiger partial charge in [0, 0.05) is 27.9 Å². The first-order valence-corrected chi connectivity index (χ1v) is 14.8. The molecule has 1 atom stereocenters. The number of carbonyl (C=O) groups is 3. The Morgan fingerprint density at radius 3 is 2.37 bits per heavy atom. The first kappa shape index (κ1) is 28.4. The molecular weight excluding hydrogens is 538 g/mol. The summed E-state index contributed by atoms with van der Waals surface area (Å²) in [5.74, 6) is 0.471. The van der Waals surface area contributed by atoms with Gasteiger partial charge in [-0.2, -0.15) is 0 Å². The van der Waals surface area contributed by atoms with E-state index in [-0.39, 0.29) is 35.5 Å². The van der Waals surface area contributed by atoms with Crippen molar-refractivity contribution in [3.63, 3.8) is 0 Å². The van der Waals surface area contributed by atoms with E-state index in [0.717, 1.165) is 30.6 Å². The molecule has 2 aromatic carbocycles. The van der Waals surface area contributed by atoms with Crippen molar-refractivity contribution in [2.75, 3.05) is 13.1 Å². The van der Waals surface area contributed by atoms with Gasteiger partial charge < -0.3 is 26.0 Å². The third kappa shape index (κ3) is 6.94. The number of para-hydroxylation sites is 1. The van der Waals surface area contributed by atoms with Crippen molar-refractivity contribution in [1.29, 1.82) is 5.41 Å². The number of hydrogen-bond donors (Lipinski definition) is 4. The molecule has 0 radical (unpaired) electrons. The summed E-state index contributed by atoms with van der Waals surface area (Å²) in [7, 11) is 0. The Morgan fingerprint density at radius 2 is 1.68 bits per heavy atom. The highest BCUT2D eigenvalue weighted by Gasteiger charge is 2.48. The Morgan fingerprint density at radius 1 is 0.976 bits per heavy atom. The molecule has 2 fully saturated rings. The molecule has 214 valence electrons. The van der Waals surface area contributed by atoms with Gasteiger partial charge in [-0.1, -0.05) is 37.5 Å². The maximum Gasteiger partial charge on any atom is 0.251 e. The average molecular weight is 574 g/mol. The molecule has 1 spiro atoms. The minimum atomic E-state index is -0.584. The van der Waals surface area contributed by atoms with E-state index in [0.29, 0.717) is 42.1 Å². The largest absolute Gasteiger partial charge is 0.457 e. The summed E-state index contributed by atoms with van der Waals surface area (Å²) in [6.07, 6.45) is 5.99. The van der Waals surface area contributed by atoms with Crippen LogP contribution in [0.2, 0.25) is 0 Å². The summed E-state index contributed by atoms with van der Waals surface area (Å²) < 4.78 is 5.78. The predicted octanol–water partition coefficient (Wildman–Crippen LogP) is 4.42. The van der Waals surface area contributed by atoms with E-state index in [4.69, 9.17) is 15.9 Å². The lowest BCUT2D eigenvalue weighted by Gasteiger charge is -2.33. The van der Waals surface area contributed by atoms with E-state index in [1.54, 1.807) is 40.6 Å². The van der Waals surface area contributed by atoms with Crippen molar-refractivity contribution >= 4 is 34.9 Å². The van der Waals surface area contributed by atoms with Gasteiger partial charge in [-0.05, 0) is 67.1 Å². The molecule has 1 aromatic heterocycles. The van der Waals surface area contributed by atoms with Crippen molar-refractivity contribution in [1.82, 2.24) is 15.5 Å². The number of amidine groups is 1. The molecule has 3 amide bonds. The minimum absolute atomic E-state index is 0.0101. The fourth-order valence-corrected chi connectivity index (χ4v) is 6.61. The first-order chi connectivity index (χ1) is 19.8. The average Bonchev–Trinajstić information content (AvgIpc) is 3.61. The highest BCUT2D eigenvalue weighted by atomic mass is 32.1. The van der Waals surface area contributed by atoms with Crippen LogP contribution in [0, 0.1) is 10.8 Å². The van der Waals surface area contributed by atoms with Gasteiger partial charge in [0.05, 0.1) is 13.1 Å². The molecule has 1 saturated heterocycles. The van der Waals surface area contributed by atoms with Crippen LogP contribution in [-0.4, -0.2) is 47.6 Å². The molecule has 5 rings (SSSR count). The summed E-state index contributed by atoms with van der Waals surface area (Å²) in [5.41, 5.74) is 6.55. The van der Waals surface area contributed by atoms with Gasteiger partial charge in [0.1, 0.15) is 23.4 Å². The number of hydrogen-bond acceptors (Lipinski definition) is 6. The smallest absolute Gasteiger partial charge is 0.251 e. The SMILES string of the molecule is N=C(N)c1csc(CNC(=O)C2CC3(CCCCC3)CN2C(=O)CNC(=O)c2ccc(Oc3ccccc3)cc2)c1. The van der Waals surface area contributed by atoms with Crippen LogP contribution in [0.4, 0.5) is 0 Å². The molecule has 1 aliphatic carbocycles. The van der Waals surface area contributed by atoms with Crippen LogP contribution in [-0.2, 0) is 16.1 Å². The highest BCUT2D eigenvalue weighted by Crippen LogP contribution is 2.46. The van der Waals surface area contributed by atoms with Gasteiger partial charge in [-0.25, -0.2) is 0 Å². The molecule has 1 unspecified atom stereocenters. The molecule has 2 heterocycles. The number of thiophene rings is 1. The number of likely N-dealkylation sites (tertiary alicyclic amines) is 1. The molecule has 41 heavy (non-hydrogen) atoms. The second kappa shape index (κ2) is 12.6. The van der Waals surface area contributed by atoms with Crippen molar-refractivity contribution in [3.05, 3.63) is 82.0 Å².